The van der Waals surface area contributed by atoms with Gasteiger partial charge in [0, 0.05) is 0 Å². The van der Waals surface area contributed by atoms with E-state index < -0.39 is 11.5 Å². The number of aliphatic hydroxyl groups is 1. The van der Waals surface area contributed by atoms with Gasteiger partial charge in [0.2, 0.25) is 0 Å². The van der Waals surface area contributed by atoms with Crippen molar-refractivity contribution in [3.8, 4) is 6.07 Å². The topological polar surface area (TPSA) is 44.0 Å². The second kappa shape index (κ2) is 4.98. The number of hydrogen-bond acceptors (Lipinski definition) is 2. The molecule has 19 heavy (non-hydrogen) atoms. The van der Waals surface area contributed by atoms with E-state index in [4.69, 9.17) is 0 Å². The van der Waals surface area contributed by atoms with Crippen LogP contribution < -0.4 is 0 Å². The second-order valence-corrected chi connectivity index (χ2v) is 6.08. The second-order valence-electron chi connectivity index (χ2n) is 6.08. The fraction of sp³-hybridized carbons (Fsp3) is 0.588. The summed E-state index contributed by atoms with van der Waals surface area (Å²) in [5.74, 6) is 0.311. The molecule has 3 rings (SSSR count). The van der Waals surface area contributed by atoms with Crippen molar-refractivity contribution in [3.63, 3.8) is 0 Å². The lowest BCUT2D eigenvalue weighted by molar-refractivity contribution is 0.0463. The van der Waals surface area contributed by atoms with E-state index in [1.807, 2.05) is 12.1 Å². The Kier molecular flexibility index (Phi) is 3.33. The molecule has 1 N–H and O–H groups in total. The van der Waals surface area contributed by atoms with Crippen molar-refractivity contribution < 1.29 is 5.11 Å². The zero-order valence-corrected chi connectivity index (χ0v) is 11.3. The van der Waals surface area contributed by atoms with Gasteiger partial charge in [-0.1, -0.05) is 37.1 Å². The molecule has 1 aromatic carbocycles. The molecule has 0 saturated heterocycles. The number of nitriles is 1. The molecule has 0 spiro atoms. The summed E-state index contributed by atoms with van der Waals surface area (Å²) in [6.45, 7) is 0. The van der Waals surface area contributed by atoms with E-state index >= 15 is 0 Å². The van der Waals surface area contributed by atoms with Gasteiger partial charge in [0.05, 0.1) is 12.2 Å². The lowest BCUT2D eigenvalue weighted by Gasteiger charge is -2.39. The van der Waals surface area contributed by atoms with Gasteiger partial charge in [-0.05, 0) is 49.1 Å². The Balaban J connectivity index is 2.02. The van der Waals surface area contributed by atoms with Gasteiger partial charge in [-0.25, -0.2) is 0 Å². The molecule has 0 aromatic heterocycles. The first-order valence-corrected chi connectivity index (χ1v) is 7.45. The standard InChI is InChI=1S/C17H21NO/c18-12-17(16(19)14-7-1-2-8-14)11-5-9-13-6-3-4-10-15(13)17/h3-4,6,10,14,16,19H,1-2,5,7-9,11H2. The van der Waals surface area contributed by atoms with E-state index in [9.17, 15) is 10.4 Å². The average molecular weight is 255 g/mol. The fourth-order valence-corrected chi connectivity index (χ4v) is 4.03. The van der Waals surface area contributed by atoms with Gasteiger partial charge in [0.1, 0.15) is 5.41 Å². The highest BCUT2D eigenvalue weighted by atomic mass is 16.3. The number of benzene rings is 1. The quantitative estimate of drug-likeness (QED) is 0.881. The molecular formula is C17H21NO. The molecule has 0 radical (unpaired) electrons. The first-order chi connectivity index (χ1) is 9.28. The Bertz CT molecular complexity index is 498. The molecule has 2 nitrogen and oxygen atoms in total. The lowest BCUT2D eigenvalue weighted by Crippen LogP contribution is -2.44. The molecule has 0 bridgehead atoms. The molecule has 2 unspecified atom stereocenters. The van der Waals surface area contributed by atoms with Gasteiger partial charge in [-0.2, -0.15) is 5.26 Å². The third kappa shape index (κ3) is 1.97. The Morgan fingerprint density at radius 2 is 1.95 bits per heavy atom. The molecule has 1 aromatic rings. The predicted molar refractivity (Wildman–Crippen MR) is 74.6 cm³/mol. The molecule has 2 heteroatoms. The zero-order valence-electron chi connectivity index (χ0n) is 11.3. The van der Waals surface area contributed by atoms with Crippen molar-refractivity contribution in [1.82, 2.24) is 0 Å². The Morgan fingerprint density at radius 3 is 2.68 bits per heavy atom. The molecule has 1 saturated carbocycles. The minimum Gasteiger partial charge on any atom is -0.391 e. The highest BCUT2D eigenvalue weighted by molar-refractivity contribution is 5.43. The molecule has 0 heterocycles. The minimum absolute atomic E-state index is 0.311. The van der Waals surface area contributed by atoms with E-state index in [1.54, 1.807) is 0 Å². The summed E-state index contributed by atoms with van der Waals surface area (Å²) in [6, 6.07) is 10.7. The van der Waals surface area contributed by atoms with E-state index in [0.29, 0.717) is 5.92 Å². The summed E-state index contributed by atoms with van der Waals surface area (Å²) in [5.41, 5.74) is 1.68. The number of aryl methyl sites for hydroxylation is 1. The van der Waals surface area contributed by atoms with Crippen LogP contribution in [0.3, 0.4) is 0 Å². The molecular weight excluding hydrogens is 234 g/mol. The summed E-state index contributed by atoms with van der Waals surface area (Å²) in [5, 5.41) is 20.7. The van der Waals surface area contributed by atoms with Gasteiger partial charge < -0.3 is 5.11 Å². The predicted octanol–water partition coefficient (Wildman–Crippen LogP) is 3.34. The van der Waals surface area contributed by atoms with Crippen LogP contribution in [-0.4, -0.2) is 11.2 Å². The number of hydrogen-bond donors (Lipinski definition) is 1. The molecule has 0 amide bonds. The van der Waals surface area contributed by atoms with Crippen molar-refractivity contribution in [1.29, 1.82) is 5.26 Å². The lowest BCUT2D eigenvalue weighted by atomic mass is 9.64. The van der Waals surface area contributed by atoms with Crippen molar-refractivity contribution in [3.05, 3.63) is 35.4 Å². The summed E-state index contributed by atoms with van der Waals surface area (Å²) in [4.78, 5) is 0. The minimum atomic E-state index is -0.663. The van der Waals surface area contributed by atoms with Crippen molar-refractivity contribution >= 4 is 0 Å². The summed E-state index contributed by atoms with van der Waals surface area (Å²) >= 11 is 0. The number of rotatable bonds is 2. The monoisotopic (exact) mass is 255 g/mol. The van der Waals surface area contributed by atoms with Crippen molar-refractivity contribution in [2.24, 2.45) is 5.92 Å². The van der Waals surface area contributed by atoms with Gasteiger partial charge in [-0.15, -0.1) is 0 Å². The van der Waals surface area contributed by atoms with Gasteiger partial charge in [0.25, 0.3) is 0 Å². The third-order valence-corrected chi connectivity index (χ3v) is 5.07. The van der Waals surface area contributed by atoms with E-state index in [-0.39, 0.29) is 0 Å². The van der Waals surface area contributed by atoms with Crippen LogP contribution in [-0.2, 0) is 11.8 Å². The molecule has 0 aliphatic heterocycles. The largest absolute Gasteiger partial charge is 0.391 e. The number of aliphatic hydroxyl groups excluding tert-OH is 1. The van der Waals surface area contributed by atoms with Crippen LogP contribution in [0.15, 0.2) is 24.3 Å². The van der Waals surface area contributed by atoms with Crippen molar-refractivity contribution in [2.45, 2.75) is 56.5 Å². The van der Waals surface area contributed by atoms with Crippen LogP contribution in [0.5, 0.6) is 0 Å². The van der Waals surface area contributed by atoms with Crippen LogP contribution in [0, 0.1) is 17.2 Å². The van der Waals surface area contributed by atoms with Crippen LogP contribution in [0.25, 0.3) is 0 Å². The fourth-order valence-electron chi connectivity index (χ4n) is 4.03. The highest BCUT2D eigenvalue weighted by Gasteiger charge is 2.46. The Labute approximate surface area is 115 Å². The molecule has 2 aliphatic carbocycles. The summed E-state index contributed by atoms with van der Waals surface area (Å²) in [7, 11) is 0. The van der Waals surface area contributed by atoms with E-state index in [0.717, 1.165) is 37.7 Å². The Morgan fingerprint density at radius 1 is 1.21 bits per heavy atom. The molecule has 2 aliphatic rings. The normalized spacial score (nSPS) is 28.6. The molecule has 2 atom stereocenters. The van der Waals surface area contributed by atoms with E-state index in [2.05, 4.69) is 18.2 Å². The van der Waals surface area contributed by atoms with Crippen LogP contribution >= 0.6 is 0 Å². The van der Waals surface area contributed by atoms with Crippen molar-refractivity contribution in [2.75, 3.05) is 0 Å². The smallest absolute Gasteiger partial charge is 0.109 e. The average Bonchev–Trinajstić information content (AvgIpc) is 3.00. The maximum Gasteiger partial charge on any atom is 0.109 e. The summed E-state index contributed by atoms with van der Waals surface area (Å²) < 4.78 is 0. The van der Waals surface area contributed by atoms with Gasteiger partial charge >= 0.3 is 0 Å². The highest BCUT2D eigenvalue weighted by Crippen LogP contribution is 2.44. The van der Waals surface area contributed by atoms with Crippen LogP contribution in [0.1, 0.15) is 49.7 Å². The van der Waals surface area contributed by atoms with E-state index in [1.165, 1.54) is 18.4 Å². The van der Waals surface area contributed by atoms with Crippen LogP contribution in [0.4, 0.5) is 0 Å². The zero-order chi connectivity index (χ0) is 13.3. The third-order valence-electron chi connectivity index (χ3n) is 5.07. The molecule has 100 valence electrons. The SMILES string of the molecule is N#CC1(C(O)C2CCCC2)CCCc2ccccc21. The van der Waals surface area contributed by atoms with Gasteiger partial charge in [-0.3, -0.25) is 0 Å². The first kappa shape index (κ1) is 12.7. The van der Waals surface area contributed by atoms with Gasteiger partial charge in [0.15, 0.2) is 0 Å². The van der Waals surface area contributed by atoms with Crippen LogP contribution in [0.2, 0.25) is 0 Å². The number of nitrogens with zero attached hydrogens (tertiary/aromatic N) is 1. The number of fused-ring (bicyclic) bond motifs is 1. The maximum atomic E-state index is 10.8. The Hall–Kier alpha value is -1.33. The first-order valence-electron chi connectivity index (χ1n) is 7.45. The molecule has 1 fully saturated rings. The maximum absolute atomic E-state index is 10.8. The summed E-state index contributed by atoms with van der Waals surface area (Å²) in [6.07, 6.45) is 6.90.